The molecule has 22 heavy (non-hydrogen) atoms. The summed E-state index contributed by atoms with van der Waals surface area (Å²) in [5.74, 6) is -0.0713. The van der Waals surface area contributed by atoms with Crippen molar-refractivity contribution in [3.63, 3.8) is 0 Å². The van der Waals surface area contributed by atoms with E-state index in [1.807, 2.05) is 13.8 Å². The summed E-state index contributed by atoms with van der Waals surface area (Å²) in [6.07, 6.45) is 1.77. The Labute approximate surface area is 126 Å². The molecular weight excluding hydrogens is 296 g/mol. The fourth-order valence-corrected chi connectivity index (χ4v) is 1.93. The van der Waals surface area contributed by atoms with Gasteiger partial charge in [0.05, 0.1) is 18.6 Å². The SMILES string of the molecule is COc1ccc(OCc2ccn(C(C)C)n2)c([B-](F)(F)F)c1. The number of rotatable bonds is 6. The Bertz CT molecular complexity index is 641. The number of methoxy groups -OCH3 is 1. The van der Waals surface area contributed by atoms with E-state index in [1.54, 1.807) is 16.9 Å². The molecule has 0 unspecified atom stereocenters. The van der Waals surface area contributed by atoms with Gasteiger partial charge >= 0.3 is 6.98 Å². The summed E-state index contributed by atoms with van der Waals surface area (Å²) in [7, 11) is 1.32. The van der Waals surface area contributed by atoms with Gasteiger partial charge in [0.1, 0.15) is 12.4 Å². The average molecular weight is 313 g/mol. The Morgan fingerprint density at radius 2 is 1.95 bits per heavy atom. The lowest BCUT2D eigenvalue weighted by atomic mass is 9.79. The molecule has 0 N–H and O–H groups in total. The van der Waals surface area contributed by atoms with Gasteiger partial charge in [0.2, 0.25) is 0 Å². The number of benzene rings is 1. The van der Waals surface area contributed by atoms with Gasteiger partial charge in [-0.1, -0.05) is 5.46 Å². The van der Waals surface area contributed by atoms with Gasteiger partial charge in [-0.25, -0.2) is 0 Å². The van der Waals surface area contributed by atoms with Gasteiger partial charge in [0.15, 0.2) is 0 Å². The summed E-state index contributed by atoms with van der Waals surface area (Å²) >= 11 is 0. The van der Waals surface area contributed by atoms with Crippen molar-refractivity contribution in [1.29, 1.82) is 0 Å². The second-order valence-corrected chi connectivity index (χ2v) is 5.15. The average Bonchev–Trinajstić information content (AvgIpc) is 2.93. The maximum atomic E-state index is 13.1. The predicted molar refractivity (Wildman–Crippen MR) is 78.7 cm³/mol. The Kier molecular flexibility index (Phi) is 4.68. The van der Waals surface area contributed by atoms with Gasteiger partial charge in [0.25, 0.3) is 0 Å². The Morgan fingerprint density at radius 1 is 1.23 bits per heavy atom. The lowest BCUT2D eigenvalue weighted by molar-refractivity contribution is 0.299. The molecule has 1 aromatic heterocycles. The zero-order chi connectivity index (χ0) is 16.3. The van der Waals surface area contributed by atoms with E-state index < -0.39 is 12.4 Å². The van der Waals surface area contributed by atoms with Gasteiger partial charge in [-0.15, -0.1) is 0 Å². The number of hydrogen-bond acceptors (Lipinski definition) is 3. The monoisotopic (exact) mass is 313 g/mol. The van der Waals surface area contributed by atoms with E-state index in [-0.39, 0.29) is 24.1 Å². The highest BCUT2D eigenvalue weighted by Gasteiger charge is 2.30. The predicted octanol–water partition coefficient (Wildman–Crippen LogP) is 3.11. The summed E-state index contributed by atoms with van der Waals surface area (Å²) in [5, 5.41) is 4.24. The summed E-state index contributed by atoms with van der Waals surface area (Å²) in [5.41, 5.74) is -0.229. The van der Waals surface area contributed by atoms with Gasteiger partial charge in [-0.05, 0) is 38.1 Å². The van der Waals surface area contributed by atoms with E-state index in [0.29, 0.717) is 5.69 Å². The molecule has 2 aromatic rings. The van der Waals surface area contributed by atoms with Crippen molar-refractivity contribution < 1.29 is 22.4 Å². The summed E-state index contributed by atoms with van der Waals surface area (Å²) in [6.45, 7) is -1.28. The van der Waals surface area contributed by atoms with Crippen LogP contribution in [0.4, 0.5) is 12.9 Å². The van der Waals surface area contributed by atoms with E-state index in [0.717, 1.165) is 6.07 Å². The number of hydrogen-bond donors (Lipinski definition) is 0. The fourth-order valence-electron chi connectivity index (χ4n) is 1.93. The molecule has 0 amide bonds. The van der Waals surface area contributed by atoms with E-state index in [9.17, 15) is 12.9 Å². The molecule has 0 aliphatic carbocycles. The van der Waals surface area contributed by atoms with Crippen molar-refractivity contribution in [2.45, 2.75) is 26.5 Å². The lowest BCUT2D eigenvalue weighted by Gasteiger charge is -2.20. The van der Waals surface area contributed by atoms with Crippen LogP contribution in [0.5, 0.6) is 11.5 Å². The maximum Gasteiger partial charge on any atom is 0.513 e. The molecule has 2 rings (SSSR count). The van der Waals surface area contributed by atoms with Gasteiger partial charge < -0.3 is 22.4 Å². The van der Waals surface area contributed by atoms with Gasteiger partial charge in [-0.2, -0.15) is 5.10 Å². The standard InChI is InChI=1S/C14H17BF3N2O2/c1-10(2)20-7-6-11(19-20)9-22-14-5-4-12(21-3)8-13(14)15(16,17)18/h4-8,10H,9H2,1-3H3/q-1. The molecule has 0 saturated carbocycles. The van der Waals surface area contributed by atoms with Crippen LogP contribution in [0.15, 0.2) is 30.5 Å². The third kappa shape index (κ3) is 3.75. The molecular formula is C14H17BF3N2O2-. The number of halogens is 3. The molecule has 4 nitrogen and oxygen atoms in total. The molecule has 0 aliphatic heterocycles. The molecule has 0 radical (unpaired) electrons. The van der Waals surface area contributed by atoms with Crippen LogP contribution < -0.4 is 14.9 Å². The second-order valence-electron chi connectivity index (χ2n) is 5.15. The van der Waals surface area contributed by atoms with Gasteiger partial charge in [-0.3, -0.25) is 4.68 Å². The quantitative estimate of drug-likeness (QED) is 0.769. The second kappa shape index (κ2) is 6.33. The van der Waals surface area contributed by atoms with Crippen LogP contribution in [0.1, 0.15) is 25.6 Å². The molecule has 0 bridgehead atoms. The van der Waals surface area contributed by atoms with Crippen LogP contribution in [0.2, 0.25) is 0 Å². The van der Waals surface area contributed by atoms with Crippen LogP contribution >= 0.6 is 0 Å². The molecule has 0 fully saturated rings. The third-order valence-corrected chi connectivity index (χ3v) is 3.14. The number of aromatic nitrogens is 2. The summed E-state index contributed by atoms with van der Waals surface area (Å²) in [6, 6.07) is 5.56. The highest BCUT2D eigenvalue weighted by molar-refractivity contribution is 6.74. The van der Waals surface area contributed by atoms with Crippen molar-refractivity contribution in [2.24, 2.45) is 0 Å². The first kappa shape index (κ1) is 16.3. The van der Waals surface area contributed by atoms with Crippen molar-refractivity contribution in [1.82, 2.24) is 9.78 Å². The molecule has 0 saturated heterocycles. The Hall–Kier alpha value is -2.12. The fraction of sp³-hybridized carbons (Fsp3) is 0.357. The Morgan fingerprint density at radius 3 is 2.50 bits per heavy atom. The Balaban J connectivity index is 2.18. The minimum absolute atomic E-state index is 0.0226. The van der Waals surface area contributed by atoms with E-state index in [1.165, 1.54) is 19.2 Å². The molecule has 1 heterocycles. The van der Waals surface area contributed by atoms with Crippen molar-refractivity contribution >= 4 is 12.4 Å². The van der Waals surface area contributed by atoms with E-state index in [2.05, 4.69) is 5.10 Å². The topological polar surface area (TPSA) is 36.3 Å². The van der Waals surface area contributed by atoms with E-state index in [4.69, 9.17) is 9.47 Å². The van der Waals surface area contributed by atoms with Gasteiger partial charge in [0, 0.05) is 12.2 Å². The van der Waals surface area contributed by atoms with Crippen LogP contribution in [-0.2, 0) is 6.61 Å². The highest BCUT2D eigenvalue weighted by atomic mass is 19.4. The van der Waals surface area contributed by atoms with E-state index >= 15 is 0 Å². The molecule has 0 atom stereocenters. The number of nitrogens with zero attached hydrogens (tertiary/aromatic N) is 2. The third-order valence-electron chi connectivity index (χ3n) is 3.14. The minimum Gasteiger partial charge on any atom is -0.497 e. The first-order valence-electron chi connectivity index (χ1n) is 6.86. The van der Waals surface area contributed by atoms with Crippen LogP contribution in [0, 0.1) is 0 Å². The van der Waals surface area contributed by atoms with Crippen LogP contribution in [0.25, 0.3) is 0 Å². The molecule has 0 spiro atoms. The summed E-state index contributed by atoms with van der Waals surface area (Å²) in [4.78, 5) is 0. The number of ether oxygens (including phenoxy) is 2. The first-order chi connectivity index (χ1) is 10.3. The zero-order valence-corrected chi connectivity index (χ0v) is 12.6. The summed E-state index contributed by atoms with van der Waals surface area (Å²) < 4.78 is 51.2. The first-order valence-corrected chi connectivity index (χ1v) is 6.86. The zero-order valence-electron chi connectivity index (χ0n) is 12.6. The lowest BCUT2D eigenvalue weighted by Crippen LogP contribution is -2.35. The van der Waals surface area contributed by atoms with Crippen molar-refractivity contribution in [3.8, 4) is 11.5 Å². The molecule has 120 valence electrons. The minimum atomic E-state index is -5.19. The highest BCUT2D eigenvalue weighted by Crippen LogP contribution is 2.23. The van der Waals surface area contributed by atoms with Crippen LogP contribution in [-0.4, -0.2) is 23.9 Å². The van der Waals surface area contributed by atoms with Crippen molar-refractivity contribution in [2.75, 3.05) is 7.11 Å². The largest absolute Gasteiger partial charge is 0.513 e. The maximum absolute atomic E-state index is 13.1. The molecule has 8 heteroatoms. The van der Waals surface area contributed by atoms with Crippen molar-refractivity contribution in [3.05, 3.63) is 36.2 Å². The normalized spacial score (nSPS) is 11.8. The molecule has 1 aromatic carbocycles. The van der Waals surface area contributed by atoms with Crippen LogP contribution in [0.3, 0.4) is 0 Å². The molecule has 0 aliphatic rings. The smallest absolute Gasteiger partial charge is 0.497 e.